The highest BCUT2D eigenvalue weighted by atomic mass is 32.2. The summed E-state index contributed by atoms with van der Waals surface area (Å²) in [6.07, 6.45) is 7.31. The van der Waals surface area contributed by atoms with Gasteiger partial charge in [0.25, 0.3) is 5.91 Å². The van der Waals surface area contributed by atoms with Crippen LogP contribution in [0.5, 0.6) is 0 Å². The molecule has 0 unspecified atom stereocenters. The monoisotopic (exact) mass is 349 g/mol. The summed E-state index contributed by atoms with van der Waals surface area (Å²) in [5, 5.41) is 0. The van der Waals surface area contributed by atoms with Crippen LogP contribution in [0.2, 0.25) is 0 Å². The van der Waals surface area contributed by atoms with Crippen molar-refractivity contribution >= 4 is 15.9 Å². The highest BCUT2D eigenvalue weighted by Gasteiger charge is 2.25. The van der Waals surface area contributed by atoms with Crippen molar-refractivity contribution in [1.29, 1.82) is 0 Å². The molecule has 0 saturated carbocycles. The van der Waals surface area contributed by atoms with Gasteiger partial charge in [-0.25, -0.2) is 13.1 Å². The number of furan rings is 1. The molecule has 3 heterocycles. The summed E-state index contributed by atoms with van der Waals surface area (Å²) in [6.45, 7) is 1.59. The van der Waals surface area contributed by atoms with E-state index in [9.17, 15) is 13.2 Å². The van der Waals surface area contributed by atoms with Gasteiger partial charge in [0.2, 0.25) is 10.0 Å². The Morgan fingerprint density at radius 2 is 2.12 bits per heavy atom. The first-order chi connectivity index (χ1) is 11.6. The summed E-state index contributed by atoms with van der Waals surface area (Å²) in [7, 11) is -3.53. The molecule has 1 amide bonds. The van der Waals surface area contributed by atoms with Crippen molar-refractivity contribution < 1.29 is 17.6 Å². The summed E-state index contributed by atoms with van der Waals surface area (Å²) in [6, 6.07) is 4.76. The third kappa shape index (κ3) is 3.82. The van der Waals surface area contributed by atoms with Gasteiger partial charge in [0.1, 0.15) is 11.2 Å². The molecular formula is C16H19N3O4S. The first kappa shape index (κ1) is 16.7. The van der Waals surface area contributed by atoms with E-state index in [4.69, 9.17) is 4.42 Å². The van der Waals surface area contributed by atoms with Crippen LogP contribution in [0, 0.1) is 5.92 Å². The third-order valence-electron chi connectivity index (χ3n) is 4.18. The molecule has 1 fully saturated rings. The van der Waals surface area contributed by atoms with E-state index in [0.29, 0.717) is 25.2 Å². The largest absolute Gasteiger partial charge is 0.472 e. The quantitative estimate of drug-likeness (QED) is 0.883. The number of amides is 1. The number of sulfonamides is 1. The van der Waals surface area contributed by atoms with Crippen LogP contribution in [-0.4, -0.2) is 43.8 Å². The molecule has 2 aromatic heterocycles. The second-order valence-electron chi connectivity index (χ2n) is 5.79. The van der Waals surface area contributed by atoms with Crippen LogP contribution in [0.15, 0.2) is 52.4 Å². The number of aromatic nitrogens is 1. The van der Waals surface area contributed by atoms with Gasteiger partial charge in [0, 0.05) is 32.0 Å². The molecule has 3 rings (SSSR count). The topological polar surface area (TPSA) is 92.5 Å². The molecule has 0 atom stereocenters. The Balaban J connectivity index is 1.50. The Bertz CT molecular complexity index is 767. The third-order valence-corrected chi connectivity index (χ3v) is 5.59. The fourth-order valence-electron chi connectivity index (χ4n) is 2.73. The molecule has 24 heavy (non-hydrogen) atoms. The molecule has 1 saturated heterocycles. The van der Waals surface area contributed by atoms with Crippen LogP contribution in [0.3, 0.4) is 0 Å². The standard InChI is InChI=1S/C16H19N3O4S/c20-16(14-5-9-23-12-14)19-7-3-13(4-8-19)10-18-24(21,22)15-2-1-6-17-11-15/h1-2,5-6,9,11-13,18H,3-4,7-8,10H2. The van der Waals surface area contributed by atoms with Crippen molar-refractivity contribution in [3.8, 4) is 0 Å². The zero-order valence-electron chi connectivity index (χ0n) is 13.1. The van der Waals surface area contributed by atoms with Crippen molar-refractivity contribution in [2.75, 3.05) is 19.6 Å². The van der Waals surface area contributed by atoms with Crippen LogP contribution < -0.4 is 4.72 Å². The van der Waals surface area contributed by atoms with Gasteiger partial charge < -0.3 is 9.32 Å². The van der Waals surface area contributed by atoms with Gasteiger partial charge >= 0.3 is 0 Å². The predicted molar refractivity (Wildman–Crippen MR) is 86.8 cm³/mol. The highest BCUT2D eigenvalue weighted by Crippen LogP contribution is 2.19. The summed E-state index contributed by atoms with van der Waals surface area (Å²) >= 11 is 0. The van der Waals surface area contributed by atoms with E-state index in [1.54, 1.807) is 17.0 Å². The number of hydrogen-bond donors (Lipinski definition) is 1. The molecule has 8 heteroatoms. The minimum atomic E-state index is -3.53. The molecule has 2 aromatic rings. The first-order valence-corrected chi connectivity index (χ1v) is 9.26. The zero-order chi connectivity index (χ0) is 17.0. The molecule has 128 valence electrons. The van der Waals surface area contributed by atoms with Crippen molar-refractivity contribution in [3.05, 3.63) is 48.7 Å². The fourth-order valence-corrected chi connectivity index (χ4v) is 3.80. The average Bonchev–Trinajstić information content (AvgIpc) is 3.15. The number of carbonyl (C=O) groups excluding carboxylic acids is 1. The minimum absolute atomic E-state index is 0.0434. The number of nitrogens with one attached hydrogen (secondary N) is 1. The van der Waals surface area contributed by atoms with E-state index < -0.39 is 10.0 Å². The van der Waals surface area contributed by atoms with Gasteiger partial charge in [0.15, 0.2) is 0 Å². The van der Waals surface area contributed by atoms with Crippen LogP contribution in [-0.2, 0) is 10.0 Å². The first-order valence-electron chi connectivity index (χ1n) is 7.77. The van der Waals surface area contributed by atoms with Crippen molar-refractivity contribution in [3.63, 3.8) is 0 Å². The van der Waals surface area contributed by atoms with Crippen molar-refractivity contribution in [2.24, 2.45) is 5.92 Å². The molecule has 0 spiro atoms. The smallest absolute Gasteiger partial charge is 0.257 e. The normalized spacial score (nSPS) is 16.2. The number of piperidine rings is 1. The number of likely N-dealkylation sites (tertiary alicyclic amines) is 1. The number of hydrogen-bond acceptors (Lipinski definition) is 5. The molecule has 0 bridgehead atoms. The van der Waals surface area contributed by atoms with Gasteiger partial charge in [-0.3, -0.25) is 9.78 Å². The maximum absolute atomic E-state index is 12.2. The van der Waals surface area contributed by atoms with E-state index in [0.717, 1.165) is 12.8 Å². The molecule has 0 aromatic carbocycles. The Morgan fingerprint density at radius 1 is 1.33 bits per heavy atom. The van der Waals surface area contributed by atoms with Gasteiger partial charge in [-0.05, 0) is 37.0 Å². The highest BCUT2D eigenvalue weighted by molar-refractivity contribution is 7.89. The zero-order valence-corrected chi connectivity index (χ0v) is 13.9. The van der Waals surface area contributed by atoms with Crippen LogP contribution in [0.25, 0.3) is 0 Å². The number of rotatable bonds is 5. The second kappa shape index (κ2) is 7.14. The molecular weight excluding hydrogens is 330 g/mol. The lowest BCUT2D eigenvalue weighted by molar-refractivity contribution is 0.0691. The van der Waals surface area contributed by atoms with Crippen LogP contribution >= 0.6 is 0 Å². The summed E-state index contributed by atoms with van der Waals surface area (Å²) in [4.78, 5) is 18.0. The Kier molecular flexibility index (Phi) is 4.96. The van der Waals surface area contributed by atoms with Gasteiger partial charge in [-0.1, -0.05) is 0 Å². The fraction of sp³-hybridized carbons (Fsp3) is 0.375. The molecule has 1 aliphatic heterocycles. The number of carbonyl (C=O) groups is 1. The van der Waals surface area contributed by atoms with E-state index in [1.165, 1.54) is 31.0 Å². The van der Waals surface area contributed by atoms with E-state index in [1.807, 2.05) is 0 Å². The lowest BCUT2D eigenvalue weighted by atomic mass is 9.97. The molecule has 0 aliphatic carbocycles. The lowest BCUT2D eigenvalue weighted by Crippen LogP contribution is -2.41. The van der Waals surface area contributed by atoms with Crippen molar-refractivity contribution in [2.45, 2.75) is 17.7 Å². The summed E-state index contributed by atoms with van der Waals surface area (Å²) in [5.74, 6) is 0.169. The van der Waals surface area contributed by atoms with E-state index >= 15 is 0 Å². The van der Waals surface area contributed by atoms with Gasteiger partial charge in [-0.2, -0.15) is 0 Å². The van der Waals surface area contributed by atoms with Crippen LogP contribution in [0.4, 0.5) is 0 Å². The SMILES string of the molecule is O=C(c1ccoc1)N1CCC(CNS(=O)(=O)c2cccnc2)CC1. The number of nitrogens with zero attached hydrogens (tertiary/aromatic N) is 2. The van der Waals surface area contributed by atoms with E-state index in [-0.39, 0.29) is 16.7 Å². The minimum Gasteiger partial charge on any atom is -0.472 e. The number of pyridine rings is 1. The summed E-state index contributed by atoms with van der Waals surface area (Å²) < 4.78 is 31.9. The summed E-state index contributed by atoms with van der Waals surface area (Å²) in [5.41, 5.74) is 0.547. The maximum Gasteiger partial charge on any atom is 0.257 e. The maximum atomic E-state index is 12.2. The Morgan fingerprint density at radius 3 is 2.75 bits per heavy atom. The van der Waals surface area contributed by atoms with Crippen LogP contribution in [0.1, 0.15) is 23.2 Å². The van der Waals surface area contributed by atoms with Gasteiger partial charge in [0.05, 0.1) is 11.8 Å². The Labute approximate surface area is 140 Å². The Hall–Kier alpha value is -2.19. The van der Waals surface area contributed by atoms with Gasteiger partial charge in [-0.15, -0.1) is 0 Å². The van der Waals surface area contributed by atoms with Crippen molar-refractivity contribution in [1.82, 2.24) is 14.6 Å². The second-order valence-corrected chi connectivity index (χ2v) is 7.56. The molecule has 0 radical (unpaired) electrons. The predicted octanol–water partition coefficient (Wildman–Crippen LogP) is 1.51. The van der Waals surface area contributed by atoms with E-state index in [2.05, 4.69) is 9.71 Å². The average molecular weight is 349 g/mol. The molecule has 1 N–H and O–H groups in total. The molecule has 1 aliphatic rings. The lowest BCUT2D eigenvalue weighted by Gasteiger charge is -2.31. The molecule has 7 nitrogen and oxygen atoms in total.